The molecule has 0 fully saturated rings. The molecule has 3 heteroatoms. The number of hydrogen-bond donors (Lipinski definition) is 0. The zero-order valence-electron chi connectivity index (χ0n) is 6.20. The molecule has 0 saturated heterocycles. The Morgan fingerprint density at radius 3 is 2.90 bits per heavy atom. The van der Waals surface area contributed by atoms with E-state index in [2.05, 4.69) is 35.4 Å². The number of aromatic nitrogens is 3. The lowest BCUT2D eigenvalue weighted by atomic mass is 10.1. The van der Waals surface area contributed by atoms with Gasteiger partial charge in [-0.1, -0.05) is 13.8 Å². The minimum atomic E-state index is 0.616. The Morgan fingerprint density at radius 2 is 2.40 bits per heavy atom. The molecule has 0 aliphatic carbocycles. The molecule has 0 aliphatic rings. The predicted molar refractivity (Wildman–Crippen MR) is 37.2 cm³/mol. The maximum atomic E-state index is 3.92. The Bertz CT molecular complexity index is 183. The zero-order valence-corrected chi connectivity index (χ0v) is 6.20. The third-order valence-electron chi connectivity index (χ3n) is 1.12. The summed E-state index contributed by atoms with van der Waals surface area (Å²) < 4.78 is 0. The van der Waals surface area contributed by atoms with Gasteiger partial charge in [-0.15, -0.1) is 5.10 Å². The van der Waals surface area contributed by atoms with Crippen molar-refractivity contribution in [2.45, 2.75) is 20.3 Å². The Kier molecular flexibility index (Phi) is 2.31. The van der Waals surface area contributed by atoms with Crippen LogP contribution in [0.5, 0.6) is 0 Å². The van der Waals surface area contributed by atoms with Crippen LogP contribution in [0.4, 0.5) is 0 Å². The second-order valence-electron chi connectivity index (χ2n) is 2.65. The summed E-state index contributed by atoms with van der Waals surface area (Å²) in [6.07, 6.45) is 5.08. The summed E-state index contributed by atoms with van der Waals surface area (Å²) in [5.74, 6) is 0.616. The number of nitrogens with zero attached hydrogens (tertiary/aromatic N) is 3. The monoisotopic (exact) mass is 136 g/mol. The smallest absolute Gasteiger partial charge is 0.221 e. The third-order valence-corrected chi connectivity index (χ3v) is 1.12. The van der Waals surface area contributed by atoms with Crippen molar-refractivity contribution in [1.82, 2.24) is 15.2 Å². The van der Waals surface area contributed by atoms with Crippen molar-refractivity contribution in [1.29, 1.82) is 0 Å². The van der Waals surface area contributed by atoms with Gasteiger partial charge in [-0.25, -0.2) is 4.98 Å². The van der Waals surface area contributed by atoms with Crippen molar-refractivity contribution in [3.05, 3.63) is 18.2 Å². The minimum absolute atomic E-state index is 0.616. The van der Waals surface area contributed by atoms with Gasteiger partial charge in [0.1, 0.15) is 0 Å². The summed E-state index contributed by atoms with van der Waals surface area (Å²) in [6, 6.07) is 0. The quantitative estimate of drug-likeness (QED) is 0.605. The van der Waals surface area contributed by atoms with E-state index in [0.29, 0.717) is 5.92 Å². The summed E-state index contributed by atoms with van der Waals surface area (Å²) in [4.78, 5) is 3.92. The first-order valence-electron chi connectivity index (χ1n) is 3.33. The van der Waals surface area contributed by atoms with Crippen LogP contribution in [-0.4, -0.2) is 15.2 Å². The molecule has 1 heterocycles. The van der Waals surface area contributed by atoms with Crippen molar-refractivity contribution in [3.8, 4) is 0 Å². The van der Waals surface area contributed by atoms with Crippen LogP contribution in [0.1, 0.15) is 19.5 Å². The van der Waals surface area contributed by atoms with Crippen molar-refractivity contribution in [3.63, 3.8) is 0 Å². The summed E-state index contributed by atoms with van der Waals surface area (Å²) in [5.41, 5.74) is 0.963. The third kappa shape index (κ3) is 2.09. The van der Waals surface area contributed by atoms with Gasteiger partial charge in [0.05, 0.1) is 11.9 Å². The first kappa shape index (κ1) is 7.12. The molecule has 0 aliphatic heterocycles. The van der Waals surface area contributed by atoms with E-state index in [1.807, 2.05) is 0 Å². The van der Waals surface area contributed by atoms with Gasteiger partial charge in [-0.3, -0.25) is 0 Å². The number of hydrogen-bond acceptors (Lipinski definition) is 3. The number of rotatable bonds is 2. The highest BCUT2D eigenvalue weighted by Crippen LogP contribution is 2.00. The predicted octanol–water partition coefficient (Wildman–Crippen LogP) is 0.870. The molecule has 0 amide bonds. The van der Waals surface area contributed by atoms with E-state index in [1.165, 1.54) is 0 Å². The highest BCUT2D eigenvalue weighted by Gasteiger charge is 1.97. The minimum Gasteiger partial charge on any atom is -0.227 e. The standard InChI is InChI=1S/C7H10N3/c1-6(2)3-7-4-9-10-5-8-7/h4,6H,3H2,1-2H3. The first-order valence-corrected chi connectivity index (χ1v) is 3.33. The highest BCUT2D eigenvalue weighted by atomic mass is 15.1. The summed E-state index contributed by atoms with van der Waals surface area (Å²) >= 11 is 0. The molecule has 1 aromatic heterocycles. The van der Waals surface area contributed by atoms with E-state index < -0.39 is 0 Å². The summed E-state index contributed by atoms with van der Waals surface area (Å²) in [7, 11) is 0. The van der Waals surface area contributed by atoms with E-state index >= 15 is 0 Å². The molecule has 0 unspecified atom stereocenters. The van der Waals surface area contributed by atoms with Gasteiger partial charge in [0.15, 0.2) is 0 Å². The van der Waals surface area contributed by atoms with Crippen LogP contribution in [0.2, 0.25) is 0 Å². The maximum Gasteiger partial charge on any atom is 0.221 e. The Morgan fingerprint density at radius 1 is 1.60 bits per heavy atom. The molecule has 0 atom stereocenters. The average Bonchev–Trinajstić information content (AvgIpc) is 1.88. The van der Waals surface area contributed by atoms with Gasteiger partial charge >= 0.3 is 0 Å². The van der Waals surface area contributed by atoms with Gasteiger partial charge in [0.2, 0.25) is 6.33 Å². The molecule has 1 aromatic rings. The molecular weight excluding hydrogens is 126 g/mol. The fraction of sp³-hybridized carbons (Fsp3) is 0.571. The van der Waals surface area contributed by atoms with Crippen LogP contribution in [-0.2, 0) is 6.42 Å². The SMILES string of the molecule is CC(C)Cc1cnn[c]n1. The summed E-state index contributed by atoms with van der Waals surface area (Å²) in [6.45, 7) is 4.28. The van der Waals surface area contributed by atoms with Crippen LogP contribution in [0, 0.1) is 12.2 Å². The molecule has 0 bridgehead atoms. The second kappa shape index (κ2) is 3.25. The molecule has 0 aromatic carbocycles. The largest absolute Gasteiger partial charge is 0.227 e. The average molecular weight is 136 g/mol. The fourth-order valence-electron chi connectivity index (χ4n) is 0.753. The molecular formula is C7H10N3. The van der Waals surface area contributed by atoms with Crippen molar-refractivity contribution >= 4 is 0 Å². The van der Waals surface area contributed by atoms with Gasteiger partial charge in [0, 0.05) is 0 Å². The van der Waals surface area contributed by atoms with Crippen LogP contribution in [0.3, 0.4) is 0 Å². The Hall–Kier alpha value is -0.990. The molecule has 0 spiro atoms. The molecule has 1 radical (unpaired) electrons. The highest BCUT2D eigenvalue weighted by molar-refractivity contribution is 4.91. The van der Waals surface area contributed by atoms with Crippen molar-refractivity contribution in [2.75, 3.05) is 0 Å². The van der Waals surface area contributed by atoms with Crippen LogP contribution < -0.4 is 0 Å². The molecule has 0 N–H and O–H groups in total. The normalized spacial score (nSPS) is 10.3. The van der Waals surface area contributed by atoms with Crippen LogP contribution >= 0.6 is 0 Å². The Labute approximate surface area is 60.5 Å². The second-order valence-corrected chi connectivity index (χ2v) is 2.65. The maximum absolute atomic E-state index is 3.92. The Balaban J connectivity index is 2.59. The lowest BCUT2D eigenvalue weighted by Crippen LogP contribution is -1.98. The van der Waals surface area contributed by atoms with E-state index in [0.717, 1.165) is 12.1 Å². The van der Waals surface area contributed by atoms with Gasteiger partial charge in [-0.2, -0.15) is 5.10 Å². The van der Waals surface area contributed by atoms with Crippen LogP contribution in [0.25, 0.3) is 0 Å². The van der Waals surface area contributed by atoms with E-state index in [1.54, 1.807) is 6.20 Å². The zero-order chi connectivity index (χ0) is 7.40. The first-order chi connectivity index (χ1) is 4.79. The lowest BCUT2D eigenvalue weighted by Gasteiger charge is -2.00. The lowest BCUT2D eigenvalue weighted by molar-refractivity contribution is 0.628. The molecule has 10 heavy (non-hydrogen) atoms. The van der Waals surface area contributed by atoms with Crippen molar-refractivity contribution in [2.24, 2.45) is 5.92 Å². The summed E-state index contributed by atoms with van der Waals surface area (Å²) in [5, 5.41) is 7.14. The molecule has 3 nitrogen and oxygen atoms in total. The van der Waals surface area contributed by atoms with Crippen LogP contribution in [0.15, 0.2) is 6.20 Å². The topological polar surface area (TPSA) is 38.7 Å². The molecule has 1 rings (SSSR count). The van der Waals surface area contributed by atoms with E-state index in [9.17, 15) is 0 Å². The van der Waals surface area contributed by atoms with Gasteiger partial charge in [-0.05, 0) is 12.3 Å². The van der Waals surface area contributed by atoms with Gasteiger partial charge < -0.3 is 0 Å². The fourth-order valence-corrected chi connectivity index (χ4v) is 0.753. The molecule has 53 valence electrons. The van der Waals surface area contributed by atoms with E-state index in [-0.39, 0.29) is 0 Å². The van der Waals surface area contributed by atoms with Crippen molar-refractivity contribution < 1.29 is 0 Å². The molecule has 0 saturated carbocycles. The van der Waals surface area contributed by atoms with E-state index in [4.69, 9.17) is 0 Å². The van der Waals surface area contributed by atoms with Gasteiger partial charge in [0.25, 0.3) is 0 Å².